The zero-order chi connectivity index (χ0) is 22.1. The Morgan fingerprint density at radius 1 is 1.23 bits per heavy atom. The fraction of sp³-hybridized carbons (Fsp3) is 0.542. The number of halogens is 3. The van der Waals surface area contributed by atoms with Gasteiger partial charge < -0.3 is 10.6 Å². The van der Waals surface area contributed by atoms with Gasteiger partial charge in [0.05, 0.1) is 4.87 Å². The summed E-state index contributed by atoms with van der Waals surface area (Å²) in [5.41, 5.74) is 1.75. The third-order valence-corrected chi connectivity index (χ3v) is 7.73. The van der Waals surface area contributed by atoms with Gasteiger partial charge in [0.1, 0.15) is 5.54 Å². The van der Waals surface area contributed by atoms with Crippen LogP contribution < -0.4 is 10.6 Å². The monoisotopic (exact) mass is 468 g/mol. The highest BCUT2D eigenvalue weighted by molar-refractivity contribution is 6.34. The molecule has 6 heteroatoms. The van der Waals surface area contributed by atoms with Crippen LogP contribution in [0.4, 0.5) is 0 Å². The van der Waals surface area contributed by atoms with E-state index in [-0.39, 0.29) is 23.8 Å². The second-order valence-corrected chi connectivity index (χ2v) is 10.7. The van der Waals surface area contributed by atoms with Gasteiger partial charge in [0.15, 0.2) is 0 Å². The minimum atomic E-state index is -0.565. The highest BCUT2D eigenvalue weighted by Crippen LogP contribution is 2.41. The second-order valence-electron chi connectivity index (χ2n) is 8.97. The molecular weight excluding hydrogens is 439 g/mol. The molecule has 0 saturated carbocycles. The number of alkyl halides is 1. The molecular formula is C24H31Cl3N2O. The molecule has 2 aliphatic rings. The number of allylic oxidation sites excluding steroid dienone is 4. The molecule has 1 unspecified atom stereocenters. The van der Waals surface area contributed by atoms with Crippen molar-refractivity contribution < 1.29 is 4.79 Å². The Morgan fingerprint density at radius 3 is 2.43 bits per heavy atom. The average molecular weight is 470 g/mol. The maximum absolute atomic E-state index is 12.8. The molecule has 1 aliphatic carbocycles. The summed E-state index contributed by atoms with van der Waals surface area (Å²) in [4.78, 5) is 12.4. The Hall–Kier alpha value is -1.00. The fourth-order valence-corrected chi connectivity index (χ4v) is 5.59. The molecule has 2 N–H and O–H groups in total. The minimum Gasteiger partial charge on any atom is -0.352 e. The average Bonchev–Trinajstić information content (AvgIpc) is 2.89. The Bertz CT molecular complexity index is 847. The molecule has 1 amide bonds. The van der Waals surface area contributed by atoms with E-state index < -0.39 is 10.4 Å². The van der Waals surface area contributed by atoms with Gasteiger partial charge in [0, 0.05) is 22.0 Å². The van der Waals surface area contributed by atoms with Gasteiger partial charge in [0.2, 0.25) is 5.91 Å². The standard InChI is InChI=1S/C24H31Cl3N2O/c1-15-16(2)29-22(30)24(15,28-4)12-9-18(13-17-5-7-19(25)8-6-17)20-10-11-23(3,27)14-21(20)26/h5-8,10,14-16,18,28H,9,11-13H2,1-4H3,(H,29,30)/t15-,16-,18-,23?,24+/m1/s1. The lowest BCUT2D eigenvalue weighted by Crippen LogP contribution is -2.53. The lowest BCUT2D eigenvalue weighted by atomic mass is 9.76. The molecule has 30 heavy (non-hydrogen) atoms. The van der Waals surface area contributed by atoms with Gasteiger partial charge in [-0.3, -0.25) is 4.79 Å². The van der Waals surface area contributed by atoms with Crippen LogP contribution in [0.2, 0.25) is 5.02 Å². The lowest BCUT2D eigenvalue weighted by Gasteiger charge is -2.34. The van der Waals surface area contributed by atoms with Crippen LogP contribution in [0, 0.1) is 11.8 Å². The van der Waals surface area contributed by atoms with Crippen molar-refractivity contribution in [2.45, 2.75) is 62.9 Å². The van der Waals surface area contributed by atoms with E-state index in [0.717, 1.165) is 36.3 Å². The number of benzene rings is 1. The predicted molar refractivity (Wildman–Crippen MR) is 127 cm³/mol. The van der Waals surface area contributed by atoms with Gasteiger partial charge in [-0.1, -0.05) is 48.3 Å². The van der Waals surface area contributed by atoms with Gasteiger partial charge in [-0.15, -0.1) is 11.6 Å². The maximum atomic E-state index is 12.8. The highest BCUT2D eigenvalue weighted by Gasteiger charge is 2.50. The molecule has 1 aromatic carbocycles. The van der Waals surface area contributed by atoms with Gasteiger partial charge in [-0.05, 0) is 81.8 Å². The first kappa shape index (κ1) is 23.7. The summed E-state index contributed by atoms with van der Waals surface area (Å²) in [6.45, 7) is 6.18. The Labute approximate surface area is 195 Å². The van der Waals surface area contributed by atoms with Crippen molar-refractivity contribution in [2.75, 3.05) is 7.05 Å². The third-order valence-electron chi connectivity index (χ3n) is 6.88. The fourth-order valence-electron chi connectivity index (χ4n) is 4.75. The van der Waals surface area contributed by atoms with Gasteiger partial charge in [-0.25, -0.2) is 0 Å². The molecule has 1 aromatic rings. The molecule has 0 spiro atoms. The number of likely N-dealkylation sites (N-methyl/N-ethyl adjacent to an activating group) is 1. The van der Waals surface area contributed by atoms with Crippen LogP contribution in [-0.2, 0) is 11.2 Å². The van der Waals surface area contributed by atoms with Gasteiger partial charge in [-0.2, -0.15) is 0 Å². The van der Waals surface area contributed by atoms with Crippen molar-refractivity contribution >= 4 is 40.7 Å². The van der Waals surface area contributed by atoms with E-state index in [9.17, 15) is 4.79 Å². The molecule has 5 atom stereocenters. The van der Waals surface area contributed by atoms with Crippen molar-refractivity contribution in [3.63, 3.8) is 0 Å². The first-order valence-electron chi connectivity index (χ1n) is 10.6. The molecule has 1 heterocycles. The summed E-state index contributed by atoms with van der Waals surface area (Å²) in [7, 11) is 1.88. The van der Waals surface area contributed by atoms with Gasteiger partial charge >= 0.3 is 0 Å². The van der Waals surface area contributed by atoms with Crippen LogP contribution in [0.1, 0.15) is 45.6 Å². The van der Waals surface area contributed by atoms with Crippen LogP contribution in [0.5, 0.6) is 0 Å². The van der Waals surface area contributed by atoms with E-state index in [0.29, 0.717) is 5.03 Å². The first-order chi connectivity index (χ1) is 14.1. The van der Waals surface area contributed by atoms with Crippen molar-refractivity contribution in [3.05, 3.63) is 57.6 Å². The normalized spacial score (nSPS) is 32.4. The van der Waals surface area contributed by atoms with Crippen molar-refractivity contribution in [3.8, 4) is 0 Å². The second kappa shape index (κ2) is 9.24. The summed E-state index contributed by atoms with van der Waals surface area (Å²) in [5, 5.41) is 7.89. The highest BCUT2D eigenvalue weighted by atomic mass is 35.5. The summed E-state index contributed by atoms with van der Waals surface area (Å²) < 4.78 is 0. The topological polar surface area (TPSA) is 41.1 Å². The summed E-state index contributed by atoms with van der Waals surface area (Å²) in [5.74, 6) is 0.468. The van der Waals surface area contributed by atoms with Crippen LogP contribution >= 0.6 is 34.8 Å². The first-order valence-corrected chi connectivity index (χ1v) is 11.7. The SMILES string of the molecule is CN[C@]1(CC[C@H](Cc2ccc(Cl)cc2)C2=CCC(C)(Cl)C=C2Cl)C(=O)N[C@H](C)[C@H]1C. The Balaban J connectivity index is 1.86. The molecule has 0 aromatic heterocycles. The van der Waals surface area contributed by atoms with E-state index >= 15 is 0 Å². The molecule has 0 bridgehead atoms. The molecule has 3 rings (SSSR count). The lowest BCUT2D eigenvalue weighted by molar-refractivity contribution is -0.125. The van der Waals surface area contributed by atoms with Crippen LogP contribution in [0.3, 0.4) is 0 Å². The zero-order valence-electron chi connectivity index (χ0n) is 18.1. The molecule has 1 aliphatic heterocycles. The number of carbonyl (C=O) groups is 1. The quantitative estimate of drug-likeness (QED) is 0.492. The Morgan fingerprint density at radius 2 is 1.90 bits per heavy atom. The Kier molecular flexibility index (Phi) is 7.29. The van der Waals surface area contributed by atoms with Gasteiger partial charge in [0.25, 0.3) is 0 Å². The van der Waals surface area contributed by atoms with E-state index in [1.165, 1.54) is 5.56 Å². The molecule has 3 nitrogen and oxygen atoms in total. The largest absolute Gasteiger partial charge is 0.352 e. The number of hydrogen-bond donors (Lipinski definition) is 2. The third kappa shape index (κ3) is 4.91. The molecule has 0 radical (unpaired) electrons. The van der Waals surface area contributed by atoms with Crippen LogP contribution in [0.25, 0.3) is 0 Å². The number of carbonyl (C=O) groups excluding carboxylic acids is 1. The van der Waals surface area contributed by atoms with Crippen molar-refractivity contribution in [2.24, 2.45) is 11.8 Å². The molecule has 1 saturated heterocycles. The maximum Gasteiger partial charge on any atom is 0.240 e. The predicted octanol–water partition coefficient (Wildman–Crippen LogP) is 5.84. The van der Waals surface area contributed by atoms with E-state index in [2.05, 4.69) is 42.7 Å². The van der Waals surface area contributed by atoms with Crippen LogP contribution in [0.15, 0.2) is 47.0 Å². The number of hydrogen-bond acceptors (Lipinski definition) is 2. The summed E-state index contributed by atoms with van der Waals surface area (Å²) >= 11 is 19.3. The minimum absolute atomic E-state index is 0.0860. The summed E-state index contributed by atoms with van der Waals surface area (Å²) in [6.07, 6.45) is 7.26. The van der Waals surface area contributed by atoms with E-state index in [4.69, 9.17) is 34.8 Å². The van der Waals surface area contributed by atoms with E-state index in [1.54, 1.807) is 0 Å². The number of nitrogens with one attached hydrogen (secondary N) is 2. The molecule has 164 valence electrons. The van der Waals surface area contributed by atoms with Crippen LogP contribution in [-0.4, -0.2) is 29.4 Å². The number of rotatable bonds is 7. The van der Waals surface area contributed by atoms with E-state index in [1.807, 2.05) is 32.2 Å². The smallest absolute Gasteiger partial charge is 0.240 e. The van der Waals surface area contributed by atoms with Crippen molar-refractivity contribution in [1.29, 1.82) is 0 Å². The number of amides is 1. The summed E-state index contributed by atoms with van der Waals surface area (Å²) in [6, 6.07) is 8.10. The zero-order valence-corrected chi connectivity index (χ0v) is 20.3. The molecule has 1 fully saturated rings. The van der Waals surface area contributed by atoms with Crippen molar-refractivity contribution in [1.82, 2.24) is 10.6 Å².